The first-order chi connectivity index (χ1) is 11.3. The molecule has 0 aliphatic rings. The topological polar surface area (TPSA) is 60.5 Å². The van der Waals surface area contributed by atoms with Crippen molar-refractivity contribution < 1.29 is 14.3 Å². The van der Waals surface area contributed by atoms with Gasteiger partial charge in [-0.2, -0.15) is 0 Å². The van der Waals surface area contributed by atoms with E-state index in [9.17, 15) is 4.79 Å². The van der Waals surface area contributed by atoms with Gasteiger partial charge in [0, 0.05) is 13.6 Å². The van der Waals surface area contributed by atoms with Crippen molar-refractivity contribution in [1.29, 1.82) is 0 Å². The third-order valence-electron chi connectivity index (χ3n) is 3.43. The Morgan fingerprint density at radius 3 is 2.50 bits per heavy atom. The standard InChI is InChI=1S/C17H24N2O3SSi/c1-12-15(19-17(20)22-10-11-24(3,4)5)23-16(18-12)13-6-8-14(21-2)9-7-13/h6-9H,10-11H2,1-5H3,(H,19,20). The van der Waals surface area contributed by atoms with E-state index in [1.807, 2.05) is 31.2 Å². The fourth-order valence-corrected chi connectivity index (χ4v) is 3.62. The zero-order chi connectivity index (χ0) is 17.7. The van der Waals surface area contributed by atoms with Crippen molar-refractivity contribution in [1.82, 2.24) is 4.98 Å². The van der Waals surface area contributed by atoms with Gasteiger partial charge in [0.05, 0.1) is 19.4 Å². The lowest BCUT2D eigenvalue weighted by atomic mass is 10.2. The molecule has 1 heterocycles. The number of hydrogen-bond acceptors (Lipinski definition) is 5. The van der Waals surface area contributed by atoms with Crippen molar-refractivity contribution in [3.8, 4) is 16.3 Å². The molecule has 7 heteroatoms. The van der Waals surface area contributed by atoms with E-state index in [2.05, 4.69) is 29.9 Å². The van der Waals surface area contributed by atoms with Crippen LogP contribution in [0.3, 0.4) is 0 Å². The maximum Gasteiger partial charge on any atom is 0.412 e. The lowest BCUT2D eigenvalue weighted by Gasteiger charge is -2.15. The summed E-state index contributed by atoms with van der Waals surface area (Å²) in [6.45, 7) is 9.10. The van der Waals surface area contributed by atoms with Gasteiger partial charge in [-0.15, -0.1) is 0 Å². The molecular formula is C17H24N2O3SSi. The van der Waals surface area contributed by atoms with Crippen LogP contribution in [0.2, 0.25) is 25.7 Å². The van der Waals surface area contributed by atoms with E-state index in [4.69, 9.17) is 9.47 Å². The number of nitrogens with zero attached hydrogens (tertiary/aromatic N) is 1. The first-order valence-electron chi connectivity index (χ1n) is 7.84. The van der Waals surface area contributed by atoms with Crippen molar-refractivity contribution in [2.24, 2.45) is 0 Å². The number of benzene rings is 1. The Morgan fingerprint density at radius 1 is 1.25 bits per heavy atom. The van der Waals surface area contributed by atoms with Crippen LogP contribution in [0.1, 0.15) is 5.69 Å². The highest BCUT2D eigenvalue weighted by molar-refractivity contribution is 7.19. The number of nitrogens with one attached hydrogen (secondary N) is 1. The van der Waals surface area contributed by atoms with Gasteiger partial charge in [0.2, 0.25) is 0 Å². The number of thiazole rings is 1. The minimum Gasteiger partial charge on any atom is -0.497 e. The van der Waals surface area contributed by atoms with Crippen LogP contribution >= 0.6 is 11.3 Å². The van der Waals surface area contributed by atoms with E-state index in [-0.39, 0.29) is 0 Å². The predicted molar refractivity (Wildman–Crippen MR) is 102 cm³/mol. The van der Waals surface area contributed by atoms with Gasteiger partial charge in [-0.1, -0.05) is 31.0 Å². The molecule has 0 radical (unpaired) electrons. The molecule has 2 aromatic rings. The van der Waals surface area contributed by atoms with E-state index in [0.717, 1.165) is 33.1 Å². The van der Waals surface area contributed by atoms with Crippen molar-refractivity contribution >= 4 is 30.5 Å². The molecular weight excluding hydrogens is 340 g/mol. The molecule has 0 bridgehead atoms. The number of methoxy groups -OCH3 is 1. The molecule has 0 unspecified atom stereocenters. The molecule has 0 aliphatic heterocycles. The SMILES string of the molecule is COc1ccc(-c2nc(C)c(NC(=O)OCC[Si](C)(C)C)s2)cc1. The Balaban J connectivity index is 1.99. The van der Waals surface area contributed by atoms with Gasteiger partial charge in [-0.05, 0) is 37.2 Å². The Bertz CT molecular complexity index is 693. The van der Waals surface area contributed by atoms with Crippen molar-refractivity contribution in [3.05, 3.63) is 30.0 Å². The zero-order valence-corrected chi connectivity index (χ0v) is 16.6. The molecule has 0 atom stereocenters. The summed E-state index contributed by atoms with van der Waals surface area (Å²) >= 11 is 1.44. The molecule has 130 valence electrons. The molecule has 24 heavy (non-hydrogen) atoms. The summed E-state index contributed by atoms with van der Waals surface area (Å²) in [4.78, 5) is 16.4. The number of anilines is 1. The van der Waals surface area contributed by atoms with Crippen molar-refractivity contribution in [2.75, 3.05) is 19.0 Å². The fraction of sp³-hybridized carbons (Fsp3) is 0.412. The average Bonchev–Trinajstić information content (AvgIpc) is 2.87. The van der Waals surface area contributed by atoms with Crippen LogP contribution in [-0.2, 0) is 4.74 Å². The second-order valence-electron chi connectivity index (χ2n) is 6.73. The van der Waals surface area contributed by atoms with Gasteiger partial charge in [-0.3, -0.25) is 5.32 Å². The highest BCUT2D eigenvalue weighted by Crippen LogP contribution is 2.32. The molecule has 1 aromatic carbocycles. The second-order valence-corrected chi connectivity index (χ2v) is 13.4. The van der Waals surface area contributed by atoms with Crippen LogP contribution in [0, 0.1) is 6.92 Å². The molecule has 0 spiro atoms. The maximum atomic E-state index is 11.9. The lowest BCUT2D eigenvalue weighted by Crippen LogP contribution is -2.24. The molecule has 1 aromatic heterocycles. The molecule has 0 aliphatic carbocycles. The molecule has 0 saturated heterocycles. The summed E-state index contributed by atoms with van der Waals surface area (Å²) in [5.41, 5.74) is 1.78. The van der Waals surface area contributed by atoms with E-state index in [1.165, 1.54) is 11.3 Å². The fourth-order valence-electron chi connectivity index (χ4n) is 1.95. The largest absolute Gasteiger partial charge is 0.497 e. The number of ether oxygens (including phenoxy) is 2. The Hall–Kier alpha value is -1.86. The third kappa shape index (κ3) is 5.35. The minimum absolute atomic E-state index is 0.415. The summed E-state index contributed by atoms with van der Waals surface area (Å²) in [6, 6.07) is 8.65. The normalized spacial score (nSPS) is 11.2. The third-order valence-corrected chi connectivity index (χ3v) is 6.26. The van der Waals surface area contributed by atoms with E-state index in [0.29, 0.717) is 6.61 Å². The van der Waals surface area contributed by atoms with Crippen LogP contribution in [0.25, 0.3) is 10.6 Å². The van der Waals surface area contributed by atoms with Gasteiger partial charge in [-0.25, -0.2) is 9.78 Å². The van der Waals surface area contributed by atoms with Gasteiger partial charge < -0.3 is 9.47 Å². The lowest BCUT2D eigenvalue weighted by molar-refractivity contribution is 0.167. The van der Waals surface area contributed by atoms with Crippen LogP contribution in [0.5, 0.6) is 5.75 Å². The number of aromatic nitrogens is 1. The summed E-state index contributed by atoms with van der Waals surface area (Å²) in [6.07, 6.45) is -0.415. The van der Waals surface area contributed by atoms with Crippen LogP contribution in [0.15, 0.2) is 24.3 Å². The van der Waals surface area contributed by atoms with Gasteiger partial charge >= 0.3 is 6.09 Å². The minimum atomic E-state index is -1.20. The summed E-state index contributed by atoms with van der Waals surface area (Å²) < 4.78 is 10.4. The predicted octanol–water partition coefficient (Wildman–Crippen LogP) is 5.01. The van der Waals surface area contributed by atoms with Crippen molar-refractivity contribution in [3.63, 3.8) is 0 Å². The first-order valence-corrected chi connectivity index (χ1v) is 12.4. The van der Waals surface area contributed by atoms with Gasteiger partial charge in [0.15, 0.2) is 0 Å². The number of rotatable bonds is 6. The molecule has 0 saturated carbocycles. The Morgan fingerprint density at radius 2 is 1.92 bits per heavy atom. The molecule has 1 N–H and O–H groups in total. The van der Waals surface area contributed by atoms with Crippen LogP contribution in [0.4, 0.5) is 9.80 Å². The summed E-state index contributed by atoms with van der Waals surface area (Å²) in [7, 11) is 0.437. The van der Waals surface area contributed by atoms with Gasteiger partial charge in [0.25, 0.3) is 0 Å². The first kappa shape index (κ1) is 18.5. The van der Waals surface area contributed by atoms with Crippen LogP contribution in [-0.4, -0.2) is 32.9 Å². The average molecular weight is 365 g/mol. The second kappa shape index (κ2) is 7.81. The zero-order valence-electron chi connectivity index (χ0n) is 14.8. The highest BCUT2D eigenvalue weighted by atomic mass is 32.1. The van der Waals surface area contributed by atoms with Crippen molar-refractivity contribution in [2.45, 2.75) is 32.6 Å². The van der Waals surface area contributed by atoms with E-state index in [1.54, 1.807) is 7.11 Å². The number of amides is 1. The maximum absolute atomic E-state index is 11.9. The summed E-state index contributed by atoms with van der Waals surface area (Å²) in [5.74, 6) is 0.802. The molecule has 5 nitrogen and oxygen atoms in total. The molecule has 2 rings (SSSR count). The number of carbonyl (C=O) groups is 1. The quantitative estimate of drug-likeness (QED) is 0.732. The van der Waals surface area contributed by atoms with Gasteiger partial charge in [0.1, 0.15) is 15.8 Å². The Labute approximate surface area is 148 Å². The molecule has 0 fully saturated rings. The van der Waals surface area contributed by atoms with E-state index < -0.39 is 14.2 Å². The van der Waals surface area contributed by atoms with Crippen LogP contribution < -0.4 is 10.1 Å². The summed E-state index contributed by atoms with van der Waals surface area (Å²) in [5, 5.41) is 4.37. The smallest absolute Gasteiger partial charge is 0.412 e. The van der Waals surface area contributed by atoms with E-state index >= 15 is 0 Å². The Kier molecular flexibility index (Phi) is 6.01. The number of aryl methyl sites for hydroxylation is 1. The molecule has 1 amide bonds. The highest BCUT2D eigenvalue weighted by Gasteiger charge is 2.16. The monoisotopic (exact) mass is 364 g/mol. The number of hydrogen-bond donors (Lipinski definition) is 1. The number of carbonyl (C=O) groups excluding carboxylic acids is 1.